The second-order valence-electron chi connectivity index (χ2n) is 8.75. The molecule has 2 aromatic carbocycles. The standard InChI is InChI=1S/C30H38N4O4/c1-5-34(6-2)22-21-31-29(35)27-14-10-11-24(17-20-28(27)37-4)33(3)30(36)32-23-15-18-26(19-16-23)38-25-12-8-7-9-13-25/h7-9,11-20,28H,5-6,10,21-22H2,1-4H3,(H,31,35)(H,32,36)/b20-17?,24-11+,27-14+. The van der Waals surface area contributed by atoms with Crippen LogP contribution in [0.3, 0.4) is 0 Å². The van der Waals surface area contributed by atoms with Gasteiger partial charge in [-0.15, -0.1) is 0 Å². The lowest BCUT2D eigenvalue weighted by Crippen LogP contribution is -2.37. The summed E-state index contributed by atoms with van der Waals surface area (Å²) < 4.78 is 11.4. The van der Waals surface area contributed by atoms with Gasteiger partial charge in [0.1, 0.15) is 17.6 Å². The molecule has 1 unspecified atom stereocenters. The van der Waals surface area contributed by atoms with Gasteiger partial charge in [-0.1, -0.05) is 44.2 Å². The molecule has 3 rings (SSSR count). The van der Waals surface area contributed by atoms with E-state index in [4.69, 9.17) is 9.47 Å². The van der Waals surface area contributed by atoms with Crippen LogP contribution in [0.2, 0.25) is 0 Å². The zero-order chi connectivity index (χ0) is 27.3. The number of nitrogens with one attached hydrogen (secondary N) is 2. The molecule has 2 N–H and O–H groups in total. The first-order chi connectivity index (χ1) is 18.4. The van der Waals surface area contributed by atoms with Gasteiger partial charge in [0.15, 0.2) is 0 Å². The number of carbonyl (C=O) groups excluding carboxylic acids is 2. The van der Waals surface area contributed by atoms with Crippen molar-refractivity contribution in [3.05, 3.63) is 90.2 Å². The highest BCUT2D eigenvalue weighted by Crippen LogP contribution is 2.23. The summed E-state index contributed by atoms with van der Waals surface area (Å²) in [5.74, 6) is 1.28. The Morgan fingerprint density at radius 3 is 2.32 bits per heavy atom. The van der Waals surface area contributed by atoms with Gasteiger partial charge in [-0.25, -0.2) is 4.79 Å². The minimum Gasteiger partial charge on any atom is -0.457 e. The van der Waals surface area contributed by atoms with Gasteiger partial charge in [0.2, 0.25) is 5.91 Å². The number of carbonyl (C=O) groups is 2. The fourth-order valence-corrected chi connectivity index (χ4v) is 3.98. The van der Waals surface area contributed by atoms with Gasteiger partial charge in [-0.05, 0) is 68.1 Å². The van der Waals surface area contributed by atoms with Crippen molar-refractivity contribution < 1.29 is 19.1 Å². The Kier molecular flexibility index (Phi) is 11.1. The van der Waals surface area contributed by atoms with E-state index in [1.807, 2.05) is 42.5 Å². The summed E-state index contributed by atoms with van der Waals surface area (Å²) in [7, 11) is 3.27. The number of likely N-dealkylation sites (N-methyl/N-ethyl adjacent to an activating group) is 2. The first kappa shape index (κ1) is 28.7. The summed E-state index contributed by atoms with van der Waals surface area (Å²) in [6.45, 7) is 7.47. The van der Waals surface area contributed by atoms with Crippen LogP contribution in [0.1, 0.15) is 20.3 Å². The Labute approximate surface area is 225 Å². The highest BCUT2D eigenvalue weighted by atomic mass is 16.5. The molecule has 38 heavy (non-hydrogen) atoms. The Morgan fingerprint density at radius 2 is 1.66 bits per heavy atom. The van der Waals surface area contributed by atoms with Crippen LogP contribution in [0.15, 0.2) is 90.2 Å². The number of nitrogens with zero attached hydrogens (tertiary/aromatic N) is 2. The fraction of sp³-hybridized carbons (Fsp3) is 0.333. The van der Waals surface area contributed by atoms with E-state index in [-0.39, 0.29) is 11.9 Å². The summed E-state index contributed by atoms with van der Waals surface area (Å²) in [6.07, 6.45) is 7.33. The number of amides is 3. The molecule has 0 saturated carbocycles. The third-order valence-corrected chi connectivity index (χ3v) is 6.31. The molecule has 0 spiro atoms. The number of hydrogen-bond donors (Lipinski definition) is 2. The molecule has 0 aliphatic heterocycles. The fourth-order valence-electron chi connectivity index (χ4n) is 3.98. The van der Waals surface area contributed by atoms with Crippen LogP contribution >= 0.6 is 0 Å². The van der Waals surface area contributed by atoms with Crippen molar-refractivity contribution in [2.75, 3.05) is 45.7 Å². The molecule has 0 heterocycles. The highest BCUT2D eigenvalue weighted by Gasteiger charge is 2.21. The van der Waals surface area contributed by atoms with Gasteiger partial charge in [0.05, 0.1) is 0 Å². The molecule has 1 aliphatic carbocycles. The van der Waals surface area contributed by atoms with E-state index in [0.29, 0.717) is 35.7 Å². The lowest BCUT2D eigenvalue weighted by atomic mass is 10.0. The lowest BCUT2D eigenvalue weighted by Gasteiger charge is -2.23. The topological polar surface area (TPSA) is 83.1 Å². The molecule has 0 saturated heterocycles. The van der Waals surface area contributed by atoms with Gasteiger partial charge in [0.25, 0.3) is 0 Å². The molecule has 0 aromatic heterocycles. The van der Waals surface area contributed by atoms with Gasteiger partial charge in [0, 0.05) is 44.2 Å². The molecule has 2 aromatic rings. The molecule has 1 aliphatic rings. The van der Waals surface area contributed by atoms with E-state index in [1.165, 1.54) is 4.90 Å². The minimum absolute atomic E-state index is 0.142. The third kappa shape index (κ3) is 8.33. The van der Waals surface area contributed by atoms with Crippen molar-refractivity contribution in [1.29, 1.82) is 0 Å². The van der Waals surface area contributed by atoms with Crippen molar-refractivity contribution in [2.45, 2.75) is 26.4 Å². The number of rotatable bonds is 11. The maximum Gasteiger partial charge on any atom is 0.326 e. The van der Waals surface area contributed by atoms with Crippen molar-refractivity contribution in [3.8, 4) is 11.5 Å². The van der Waals surface area contributed by atoms with E-state index < -0.39 is 6.10 Å². The van der Waals surface area contributed by atoms with Crippen molar-refractivity contribution in [3.63, 3.8) is 0 Å². The van der Waals surface area contributed by atoms with Crippen LogP contribution in [0, 0.1) is 0 Å². The smallest absolute Gasteiger partial charge is 0.326 e. The van der Waals surface area contributed by atoms with E-state index in [0.717, 1.165) is 25.4 Å². The predicted octanol–water partition coefficient (Wildman–Crippen LogP) is 5.19. The van der Waals surface area contributed by atoms with Crippen molar-refractivity contribution in [2.24, 2.45) is 0 Å². The van der Waals surface area contributed by atoms with E-state index in [9.17, 15) is 9.59 Å². The van der Waals surface area contributed by atoms with Crippen LogP contribution in [0.25, 0.3) is 0 Å². The van der Waals surface area contributed by atoms with Crippen LogP contribution < -0.4 is 15.4 Å². The molecular weight excluding hydrogens is 480 g/mol. The summed E-state index contributed by atoms with van der Waals surface area (Å²) in [5, 5.41) is 5.90. The van der Waals surface area contributed by atoms with E-state index in [1.54, 1.807) is 50.6 Å². The first-order valence-electron chi connectivity index (χ1n) is 12.9. The average Bonchev–Trinajstić information content (AvgIpc) is 2.92. The molecule has 0 bridgehead atoms. The lowest BCUT2D eigenvalue weighted by molar-refractivity contribution is -0.118. The van der Waals surface area contributed by atoms with E-state index >= 15 is 0 Å². The maximum absolute atomic E-state index is 12.9. The maximum atomic E-state index is 12.9. The molecular formula is C30H38N4O4. The van der Waals surface area contributed by atoms with Crippen molar-refractivity contribution >= 4 is 17.6 Å². The number of allylic oxidation sites excluding steroid dienone is 3. The zero-order valence-corrected chi connectivity index (χ0v) is 22.6. The Balaban J connectivity index is 1.59. The molecule has 0 fully saturated rings. The van der Waals surface area contributed by atoms with Gasteiger partial charge >= 0.3 is 6.03 Å². The van der Waals surface area contributed by atoms with Gasteiger partial charge in [-0.3, -0.25) is 9.69 Å². The Bertz CT molecular complexity index is 1140. The van der Waals surface area contributed by atoms with Crippen molar-refractivity contribution in [1.82, 2.24) is 15.1 Å². The Morgan fingerprint density at radius 1 is 0.974 bits per heavy atom. The normalized spacial score (nSPS) is 17.9. The molecule has 202 valence electrons. The third-order valence-electron chi connectivity index (χ3n) is 6.31. The summed E-state index contributed by atoms with van der Waals surface area (Å²) in [4.78, 5) is 29.5. The first-order valence-corrected chi connectivity index (χ1v) is 12.9. The Hall–Kier alpha value is -3.88. The van der Waals surface area contributed by atoms with Gasteiger partial charge in [-0.2, -0.15) is 0 Å². The zero-order valence-electron chi connectivity index (χ0n) is 22.6. The monoisotopic (exact) mass is 518 g/mol. The average molecular weight is 519 g/mol. The number of benzene rings is 2. The number of para-hydroxylation sites is 1. The number of hydrogen-bond acceptors (Lipinski definition) is 5. The second kappa shape index (κ2) is 14.8. The summed E-state index contributed by atoms with van der Waals surface area (Å²) in [5.41, 5.74) is 1.91. The molecule has 8 heteroatoms. The van der Waals surface area contributed by atoms with Crippen LogP contribution in [-0.4, -0.2) is 68.2 Å². The molecule has 1 atom stereocenters. The summed E-state index contributed by atoms with van der Waals surface area (Å²) >= 11 is 0. The van der Waals surface area contributed by atoms with E-state index in [2.05, 4.69) is 29.4 Å². The number of urea groups is 1. The SMILES string of the molecule is CCN(CC)CCNC(=O)/C1=C/C/C=C(/N(C)C(=O)Nc2ccc(Oc3ccccc3)cc2)C=CC1OC. The second-order valence-corrected chi connectivity index (χ2v) is 8.75. The molecule has 3 amide bonds. The summed E-state index contributed by atoms with van der Waals surface area (Å²) in [6, 6.07) is 16.4. The van der Waals surface area contributed by atoms with Crippen LogP contribution in [-0.2, 0) is 9.53 Å². The number of anilines is 1. The predicted molar refractivity (Wildman–Crippen MR) is 151 cm³/mol. The number of methoxy groups -OCH3 is 1. The highest BCUT2D eigenvalue weighted by molar-refractivity contribution is 5.95. The number of ether oxygens (including phenoxy) is 2. The quantitative estimate of drug-likeness (QED) is 0.428. The van der Waals surface area contributed by atoms with Gasteiger partial charge < -0.3 is 25.0 Å². The van der Waals surface area contributed by atoms with Crippen LogP contribution in [0.5, 0.6) is 11.5 Å². The van der Waals surface area contributed by atoms with Crippen LogP contribution in [0.4, 0.5) is 10.5 Å². The molecule has 8 nitrogen and oxygen atoms in total. The molecule has 0 radical (unpaired) electrons. The minimum atomic E-state index is -0.513. The largest absolute Gasteiger partial charge is 0.457 e.